The molecule has 0 saturated heterocycles. The Morgan fingerprint density at radius 3 is 2.70 bits per heavy atom. The van der Waals surface area contributed by atoms with Crippen molar-refractivity contribution >= 4 is 28.1 Å². The topological polar surface area (TPSA) is 138 Å². The monoisotopic (exact) mass is 529 g/mol. The van der Waals surface area contributed by atoms with E-state index in [1.54, 1.807) is 59.4 Å². The molecule has 0 aliphatic rings. The number of anilines is 1. The van der Waals surface area contributed by atoms with Crippen molar-refractivity contribution in [2.45, 2.75) is 13.0 Å². The van der Waals surface area contributed by atoms with Crippen LogP contribution < -0.4 is 16.6 Å². The first-order valence-corrected chi connectivity index (χ1v) is 12.4. The zero-order valence-electron chi connectivity index (χ0n) is 21.6. The van der Waals surface area contributed by atoms with Crippen LogP contribution in [0.25, 0.3) is 22.1 Å². The fraction of sp³-hybridized carbons (Fsp3) is 0.103. The Bertz CT molecular complexity index is 2030. The zero-order chi connectivity index (χ0) is 27.8. The molecule has 40 heavy (non-hydrogen) atoms. The molecule has 0 saturated carbocycles. The van der Waals surface area contributed by atoms with Gasteiger partial charge in [-0.3, -0.25) is 23.8 Å². The summed E-state index contributed by atoms with van der Waals surface area (Å²) in [5.41, 5.74) is 8.69. The van der Waals surface area contributed by atoms with E-state index in [1.807, 2.05) is 43.4 Å². The van der Waals surface area contributed by atoms with Crippen LogP contribution >= 0.6 is 0 Å². The van der Waals surface area contributed by atoms with E-state index in [0.717, 1.165) is 5.56 Å². The van der Waals surface area contributed by atoms with Crippen molar-refractivity contribution in [3.63, 3.8) is 0 Å². The molecule has 6 rings (SSSR count). The predicted molar refractivity (Wildman–Crippen MR) is 150 cm³/mol. The van der Waals surface area contributed by atoms with E-state index < -0.39 is 11.9 Å². The Balaban J connectivity index is 1.48. The van der Waals surface area contributed by atoms with E-state index in [1.165, 1.54) is 4.52 Å². The van der Waals surface area contributed by atoms with Gasteiger partial charge in [-0.15, -0.1) is 5.10 Å². The summed E-state index contributed by atoms with van der Waals surface area (Å²) in [7, 11) is 1.81. The SMILES string of the molecule is C[C@H](NC(=O)c1c(N)nn2cccnc12)c1cc2cncc(C#Cc3cnn(C)c3)c2c(=O)n1-c1ccccc1. The average Bonchev–Trinajstić information content (AvgIpc) is 3.53. The van der Waals surface area contributed by atoms with Gasteiger partial charge in [-0.2, -0.15) is 5.10 Å². The van der Waals surface area contributed by atoms with Crippen molar-refractivity contribution < 1.29 is 4.79 Å². The minimum absolute atomic E-state index is 0.0587. The summed E-state index contributed by atoms with van der Waals surface area (Å²) in [6.45, 7) is 1.80. The zero-order valence-corrected chi connectivity index (χ0v) is 21.6. The van der Waals surface area contributed by atoms with Gasteiger partial charge in [0.15, 0.2) is 11.5 Å². The molecule has 0 unspecified atom stereocenters. The third-order valence-corrected chi connectivity index (χ3v) is 6.46. The number of aromatic nitrogens is 7. The Hall–Kier alpha value is -5.76. The fourth-order valence-corrected chi connectivity index (χ4v) is 4.62. The second-order valence-corrected chi connectivity index (χ2v) is 9.19. The molecule has 0 aliphatic heterocycles. The summed E-state index contributed by atoms with van der Waals surface area (Å²) in [4.78, 5) is 36.1. The Labute approximate surface area is 227 Å². The van der Waals surface area contributed by atoms with Gasteiger partial charge in [0.05, 0.1) is 28.8 Å². The number of fused-ring (bicyclic) bond motifs is 2. The number of aryl methyl sites for hydroxylation is 1. The quantitative estimate of drug-likeness (QED) is 0.335. The van der Waals surface area contributed by atoms with Crippen LogP contribution in [0.1, 0.15) is 40.1 Å². The molecule has 1 atom stereocenters. The number of carbonyl (C=O) groups excluding carboxylic acids is 1. The van der Waals surface area contributed by atoms with E-state index in [4.69, 9.17) is 5.73 Å². The van der Waals surface area contributed by atoms with Crippen LogP contribution in [0.4, 0.5) is 5.82 Å². The van der Waals surface area contributed by atoms with Crippen molar-refractivity contribution in [3.05, 3.63) is 112 Å². The molecule has 1 aromatic carbocycles. The molecule has 0 aliphatic carbocycles. The summed E-state index contributed by atoms with van der Waals surface area (Å²) in [6.07, 6.45) is 9.87. The van der Waals surface area contributed by atoms with E-state index in [0.29, 0.717) is 33.4 Å². The minimum Gasteiger partial charge on any atom is -0.381 e. The van der Waals surface area contributed by atoms with E-state index >= 15 is 0 Å². The average molecular weight is 530 g/mol. The van der Waals surface area contributed by atoms with Crippen LogP contribution in [0, 0.1) is 11.8 Å². The number of nitrogens with zero attached hydrogens (tertiary/aromatic N) is 7. The summed E-state index contributed by atoms with van der Waals surface area (Å²) < 4.78 is 4.69. The van der Waals surface area contributed by atoms with Gasteiger partial charge < -0.3 is 11.1 Å². The Kier molecular flexibility index (Phi) is 6.05. The standard InChI is InChI=1S/C29H23N9O2/c1-18(34-28(39)25-26(30)35-37-12-6-11-32-27(25)37)23-13-21-16-31-15-20(10-9-19-14-33-36(2)17-19)24(21)29(40)38(23)22-7-4-3-5-8-22/h3-8,11-18H,1-2H3,(H2,30,35)(H,34,39)/t18-/m0/s1. The number of nitrogens with two attached hydrogens (primary N) is 1. The minimum atomic E-state index is -0.604. The molecule has 3 N–H and O–H groups in total. The first-order chi connectivity index (χ1) is 19.4. The number of amides is 1. The second-order valence-electron chi connectivity index (χ2n) is 9.19. The molecule has 11 heteroatoms. The van der Waals surface area contributed by atoms with Gasteiger partial charge in [0.1, 0.15) is 5.56 Å². The lowest BCUT2D eigenvalue weighted by atomic mass is 10.1. The lowest BCUT2D eigenvalue weighted by Gasteiger charge is -2.21. The highest BCUT2D eigenvalue weighted by molar-refractivity contribution is 6.04. The maximum absolute atomic E-state index is 14.1. The Morgan fingerprint density at radius 2 is 1.93 bits per heavy atom. The third kappa shape index (κ3) is 4.33. The molecule has 6 aromatic rings. The highest BCUT2D eigenvalue weighted by Gasteiger charge is 2.24. The molecule has 5 aromatic heterocycles. The van der Waals surface area contributed by atoms with Gasteiger partial charge >= 0.3 is 0 Å². The molecule has 196 valence electrons. The largest absolute Gasteiger partial charge is 0.381 e. The molecule has 0 radical (unpaired) electrons. The number of benzene rings is 1. The molecule has 0 fully saturated rings. The lowest BCUT2D eigenvalue weighted by molar-refractivity contribution is 0.0941. The maximum atomic E-state index is 14.1. The molecule has 5 heterocycles. The lowest BCUT2D eigenvalue weighted by Crippen LogP contribution is -2.32. The summed E-state index contributed by atoms with van der Waals surface area (Å²) >= 11 is 0. The number of carbonyl (C=O) groups is 1. The van der Waals surface area contributed by atoms with Crippen molar-refractivity contribution in [1.29, 1.82) is 0 Å². The highest BCUT2D eigenvalue weighted by Crippen LogP contribution is 2.24. The van der Waals surface area contributed by atoms with Crippen molar-refractivity contribution in [2.75, 3.05) is 5.73 Å². The summed E-state index contributed by atoms with van der Waals surface area (Å²) in [5, 5.41) is 12.3. The van der Waals surface area contributed by atoms with E-state index in [-0.39, 0.29) is 16.9 Å². The van der Waals surface area contributed by atoms with Gasteiger partial charge in [0.2, 0.25) is 0 Å². The van der Waals surface area contributed by atoms with Crippen LogP contribution in [0.2, 0.25) is 0 Å². The predicted octanol–water partition coefficient (Wildman–Crippen LogP) is 2.63. The molecule has 1 amide bonds. The van der Waals surface area contributed by atoms with E-state index in [2.05, 4.69) is 37.3 Å². The van der Waals surface area contributed by atoms with Gasteiger partial charge in [-0.25, -0.2) is 9.50 Å². The van der Waals surface area contributed by atoms with Gasteiger partial charge in [-0.05, 0) is 31.2 Å². The summed E-state index contributed by atoms with van der Waals surface area (Å²) in [6, 6.07) is 12.2. The number of hydrogen-bond donors (Lipinski definition) is 2. The number of nitrogen functional groups attached to an aromatic ring is 1. The summed E-state index contributed by atoms with van der Waals surface area (Å²) in [5.74, 6) is 5.74. The molecular formula is C29H23N9O2. The number of rotatable bonds is 4. The normalized spacial score (nSPS) is 11.8. The highest BCUT2D eigenvalue weighted by atomic mass is 16.2. The maximum Gasteiger partial charge on any atom is 0.264 e. The van der Waals surface area contributed by atoms with Gasteiger partial charge in [0.25, 0.3) is 11.5 Å². The fourth-order valence-electron chi connectivity index (χ4n) is 4.62. The number of para-hydroxylation sites is 1. The first-order valence-electron chi connectivity index (χ1n) is 12.4. The smallest absolute Gasteiger partial charge is 0.264 e. The van der Waals surface area contributed by atoms with Gasteiger partial charge in [-0.1, -0.05) is 30.0 Å². The Morgan fingerprint density at radius 1 is 1.10 bits per heavy atom. The first kappa shape index (κ1) is 24.6. The third-order valence-electron chi connectivity index (χ3n) is 6.46. The molecule has 0 spiro atoms. The number of pyridine rings is 2. The van der Waals surface area contributed by atoms with Crippen LogP contribution in [0.15, 0.2) is 84.4 Å². The second kappa shape index (κ2) is 9.85. The number of hydrogen-bond acceptors (Lipinski definition) is 7. The number of nitrogens with one attached hydrogen (secondary N) is 1. The van der Waals surface area contributed by atoms with Gasteiger partial charge in [0, 0.05) is 54.8 Å². The van der Waals surface area contributed by atoms with Crippen molar-refractivity contribution in [3.8, 4) is 17.5 Å². The molecular weight excluding hydrogens is 506 g/mol. The van der Waals surface area contributed by atoms with Crippen LogP contribution in [-0.4, -0.2) is 39.8 Å². The van der Waals surface area contributed by atoms with Crippen LogP contribution in [-0.2, 0) is 7.05 Å². The molecule has 11 nitrogen and oxygen atoms in total. The molecule has 0 bridgehead atoms. The van der Waals surface area contributed by atoms with Crippen LogP contribution in [0.3, 0.4) is 0 Å². The van der Waals surface area contributed by atoms with E-state index in [9.17, 15) is 9.59 Å². The van der Waals surface area contributed by atoms with Crippen molar-refractivity contribution in [1.82, 2.24) is 39.2 Å². The van der Waals surface area contributed by atoms with Crippen LogP contribution in [0.5, 0.6) is 0 Å². The van der Waals surface area contributed by atoms with Crippen molar-refractivity contribution in [2.24, 2.45) is 7.05 Å².